The van der Waals surface area contributed by atoms with Gasteiger partial charge in [0.05, 0.1) is 6.61 Å². The van der Waals surface area contributed by atoms with Crippen molar-refractivity contribution >= 4 is 18.5 Å². The highest BCUT2D eigenvalue weighted by atomic mass is 32.5. The molecule has 2 rings (SSSR count). The van der Waals surface area contributed by atoms with Crippen LogP contribution in [0.4, 0.5) is 0 Å². The molecule has 0 amide bonds. The van der Waals surface area contributed by atoms with Gasteiger partial charge in [0, 0.05) is 11.8 Å². The van der Waals surface area contributed by atoms with Crippen molar-refractivity contribution in [3.05, 3.63) is 60.2 Å². The second-order valence-electron chi connectivity index (χ2n) is 7.06. The fourth-order valence-corrected chi connectivity index (χ4v) is 4.82. The molecule has 0 spiro atoms. The molecule has 0 aliphatic rings. The van der Waals surface area contributed by atoms with Gasteiger partial charge in [-0.25, -0.2) is 0 Å². The van der Waals surface area contributed by atoms with Crippen molar-refractivity contribution in [3.8, 4) is 11.5 Å². The molecular weight excluding hydrogens is 387 g/mol. The van der Waals surface area contributed by atoms with E-state index >= 15 is 0 Å². The Morgan fingerprint density at radius 2 is 1.25 bits per heavy atom. The van der Waals surface area contributed by atoms with Gasteiger partial charge in [0.25, 0.3) is 0 Å². The van der Waals surface area contributed by atoms with Crippen molar-refractivity contribution < 1.29 is 13.6 Å². The van der Waals surface area contributed by atoms with Crippen LogP contribution in [0.5, 0.6) is 11.5 Å². The van der Waals surface area contributed by atoms with Crippen LogP contribution in [0.2, 0.25) is 0 Å². The zero-order valence-corrected chi connectivity index (χ0v) is 18.9. The minimum atomic E-state index is -2.92. The Morgan fingerprint density at radius 1 is 0.714 bits per heavy atom. The van der Waals surface area contributed by atoms with Gasteiger partial charge in [0.15, 0.2) is 0 Å². The molecule has 1 unspecified atom stereocenters. The summed E-state index contributed by atoms with van der Waals surface area (Å²) in [5.74, 6) is 1.36. The molecule has 0 bridgehead atoms. The summed E-state index contributed by atoms with van der Waals surface area (Å²) in [7, 11) is 0. The van der Waals surface area contributed by atoms with Crippen LogP contribution in [-0.4, -0.2) is 6.61 Å². The molecule has 0 aromatic heterocycles. The van der Waals surface area contributed by atoms with E-state index in [4.69, 9.17) is 25.4 Å². The maximum absolute atomic E-state index is 6.01. The van der Waals surface area contributed by atoms with Gasteiger partial charge in [0.2, 0.25) is 0 Å². The highest BCUT2D eigenvalue weighted by Gasteiger charge is 2.24. The summed E-state index contributed by atoms with van der Waals surface area (Å²) in [6, 6.07) is 17.3. The molecule has 2 aromatic carbocycles. The van der Waals surface area contributed by atoms with Gasteiger partial charge in [-0.2, -0.15) is 0 Å². The summed E-state index contributed by atoms with van der Waals surface area (Å²) >= 11 is 5.69. The van der Waals surface area contributed by atoms with E-state index in [1.165, 1.54) is 44.1 Å². The van der Waals surface area contributed by atoms with Crippen LogP contribution in [0.15, 0.2) is 54.6 Å². The summed E-state index contributed by atoms with van der Waals surface area (Å²) in [5.41, 5.74) is 1.17. The molecule has 0 saturated carbocycles. The van der Waals surface area contributed by atoms with Crippen molar-refractivity contribution in [3.63, 3.8) is 0 Å². The highest BCUT2D eigenvalue weighted by Crippen LogP contribution is 2.50. The molecule has 0 fully saturated rings. The Balaban J connectivity index is 1.84. The average molecular weight is 421 g/mol. The van der Waals surface area contributed by atoms with Crippen molar-refractivity contribution in [1.82, 2.24) is 0 Å². The number of rotatable bonds is 14. The minimum Gasteiger partial charge on any atom is -0.416 e. The summed E-state index contributed by atoms with van der Waals surface area (Å²) in [6.45, 7) is 1.93. The van der Waals surface area contributed by atoms with Gasteiger partial charge < -0.3 is 9.05 Å². The topological polar surface area (TPSA) is 27.7 Å². The van der Waals surface area contributed by atoms with E-state index in [-0.39, 0.29) is 0 Å². The first kappa shape index (κ1) is 22.9. The number of para-hydroxylation sites is 1. The Hall–Kier alpha value is -1.35. The van der Waals surface area contributed by atoms with Crippen LogP contribution < -0.4 is 9.05 Å². The SMILES string of the molecule is CCCCCCCCCCOP(=S)(Oc1ccccc1)Oc1ccc(C)cc1. The average Bonchev–Trinajstić information content (AvgIpc) is 2.69. The van der Waals surface area contributed by atoms with Crippen molar-refractivity contribution in [2.45, 2.75) is 65.2 Å². The molecule has 3 nitrogen and oxygen atoms in total. The molecule has 0 saturated heterocycles. The fraction of sp³-hybridized carbons (Fsp3) is 0.478. The molecule has 5 heteroatoms. The molecule has 0 aliphatic carbocycles. The van der Waals surface area contributed by atoms with Crippen LogP contribution in [0.25, 0.3) is 0 Å². The van der Waals surface area contributed by atoms with Gasteiger partial charge >= 0.3 is 6.72 Å². The maximum atomic E-state index is 6.01. The number of unbranched alkanes of at least 4 members (excludes halogenated alkanes) is 7. The molecule has 2 aromatic rings. The third-order valence-corrected chi connectivity index (χ3v) is 6.58. The maximum Gasteiger partial charge on any atom is 0.434 e. The van der Waals surface area contributed by atoms with Crippen molar-refractivity contribution in [1.29, 1.82) is 0 Å². The lowest BCUT2D eigenvalue weighted by Gasteiger charge is -2.23. The monoisotopic (exact) mass is 420 g/mol. The largest absolute Gasteiger partial charge is 0.434 e. The molecule has 28 heavy (non-hydrogen) atoms. The summed E-state index contributed by atoms with van der Waals surface area (Å²) < 4.78 is 18.0. The van der Waals surface area contributed by atoms with Crippen LogP contribution in [0.3, 0.4) is 0 Å². The quantitative estimate of drug-likeness (QED) is 0.230. The standard InChI is InChI=1S/C23H33O3PS/c1-3-4-5-6-7-8-9-13-20-24-27(28,25-22-14-11-10-12-15-22)26-23-18-16-21(2)17-19-23/h10-12,14-19H,3-9,13,20H2,1-2H3. The van der Waals surface area contributed by atoms with Gasteiger partial charge in [-0.1, -0.05) is 87.8 Å². The normalized spacial score (nSPS) is 13.1. The summed E-state index contributed by atoms with van der Waals surface area (Å²) in [6.07, 6.45) is 9.99. The van der Waals surface area contributed by atoms with E-state index in [1.54, 1.807) is 0 Å². The summed E-state index contributed by atoms with van der Waals surface area (Å²) in [5, 5.41) is 0. The van der Waals surface area contributed by atoms with Crippen LogP contribution in [0.1, 0.15) is 63.9 Å². The Bertz CT molecular complexity index is 704. The zero-order chi connectivity index (χ0) is 20.1. The Labute approximate surface area is 175 Å². The molecule has 0 N–H and O–H groups in total. The van der Waals surface area contributed by atoms with Crippen molar-refractivity contribution in [2.24, 2.45) is 0 Å². The first-order chi connectivity index (χ1) is 13.6. The van der Waals surface area contributed by atoms with Crippen LogP contribution in [-0.2, 0) is 16.3 Å². The van der Waals surface area contributed by atoms with E-state index in [9.17, 15) is 0 Å². The van der Waals surface area contributed by atoms with Gasteiger partial charge in [0.1, 0.15) is 11.5 Å². The lowest BCUT2D eigenvalue weighted by molar-refractivity contribution is 0.255. The number of hydrogen-bond acceptors (Lipinski definition) is 4. The minimum absolute atomic E-state index is 0.560. The van der Waals surface area contributed by atoms with E-state index in [2.05, 4.69) is 6.92 Å². The van der Waals surface area contributed by atoms with Crippen LogP contribution >= 0.6 is 6.72 Å². The molecule has 154 valence electrons. The lowest BCUT2D eigenvalue weighted by Crippen LogP contribution is -2.06. The van der Waals surface area contributed by atoms with E-state index < -0.39 is 6.72 Å². The van der Waals surface area contributed by atoms with Gasteiger partial charge in [-0.3, -0.25) is 4.52 Å². The number of hydrogen-bond donors (Lipinski definition) is 0. The van der Waals surface area contributed by atoms with Crippen LogP contribution in [0, 0.1) is 6.92 Å². The van der Waals surface area contributed by atoms with Crippen molar-refractivity contribution in [2.75, 3.05) is 6.61 Å². The first-order valence-electron chi connectivity index (χ1n) is 10.4. The number of aryl methyl sites for hydroxylation is 1. The predicted octanol–water partition coefficient (Wildman–Crippen LogP) is 7.83. The van der Waals surface area contributed by atoms with E-state index in [0.29, 0.717) is 18.1 Å². The smallest absolute Gasteiger partial charge is 0.416 e. The molecule has 1 atom stereocenters. The second kappa shape index (κ2) is 13.0. The Morgan fingerprint density at radius 3 is 1.86 bits per heavy atom. The number of benzene rings is 2. The third-order valence-electron chi connectivity index (χ3n) is 4.45. The fourth-order valence-electron chi connectivity index (χ4n) is 2.82. The zero-order valence-electron chi connectivity index (χ0n) is 17.1. The lowest BCUT2D eigenvalue weighted by atomic mass is 10.1. The molecule has 0 aliphatic heterocycles. The third kappa shape index (κ3) is 9.23. The predicted molar refractivity (Wildman–Crippen MR) is 122 cm³/mol. The molecule has 0 heterocycles. The highest BCUT2D eigenvalue weighted by molar-refractivity contribution is 8.07. The second-order valence-corrected chi connectivity index (χ2v) is 9.92. The first-order valence-corrected chi connectivity index (χ1v) is 12.9. The molecule has 0 radical (unpaired) electrons. The Kier molecular flexibility index (Phi) is 10.6. The van der Waals surface area contributed by atoms with E-state index in [0.717, 1.165) is 12.8 Å². The summed E-state index contributed by atoms with van der Waals surface area (Å²) in [4.78, 5) is 0. The van der Waals surface area contributed by atoms with E-state index in [1.807, 2.05) is 61.5 Å². The molecular formula is C23H33O3PS. The van der Waals surface area contributed by atoms with Gasteiger partial charge in [-0.15, -0.1) is 0 Å². The van der Waals surface area contributed by atoms with Gasteiger partial charge in [-0.05, 0) is 37.6 Å².